The van der Waals surface area contributed by atoms with Crippen LogP contribution in [0.25, 0.3) is 0 Å². The van der Waals surface area contributed by atoms with Crippen molar-refractivity contribution < 1.29 is 9.47 Å². The molecule has 2 heteroatoms. The third-order valence-corrected chi connectivity index (χ3v) is 3.16. The molecule has 1 aromatic rings. The normalized spacial score (nSPS) is 26.8. The Kier molecular flexibility index (Phi) is 4.20. The fourth-order valence-electron chi connectivity index (χ4n) is 2.55. The molecule has 0 aliphatic carbocycles. The summed E-state index contributed by atoms with van der Waals surface area (Å²) < 4.78 is 11.9. The minimum absolute atomic E-state index is 0.222. The summed E-state index contributed by atoms with van der Waals surface area (Å²) in [6.45, 7) is 7.76. The van der Waals surface area contributed by atoms with E-state index in [2.05, 4.69) is 30.8 Å². The molecule has 0 saturated carbocycles. The number of hydrogen-bond donors (Lipinski definition) is 0. The summed E-state index contributed by atoms with van der Waals surface area (Å²) in [5.41, 5.74) is 1.32. The molecule has 2 rings (SSSR count). The quantitative estimate of drug-likeness (QED) is 0.754. The fourth-order valence-corrected chi connectivity index (χ4v) is 2.55. The molecule has 1 saturated heterocycles. The second-order valence-electron chi connectivity index (χ2n) is 5.33. The Morgan fingerprint density at radius 2 is 1.89 bits per heavy atom. The predicted molar refractivity (Wildman–Crippen MR) is 73.4 cm³/mol. The Hall–Kier alpha value is -1.12. The summed E-state index contributed by atoms with van der Waals surface area (Å²) in [7, 11) is 0. The Bertz CT molecular complexity index is 383. The van der Waals surface area contributed by atoms with E-state index in [0.29, 0.717) is 0 Å². The molecule has 0 amide bonds. The zero-order valence-corrected chi connectivity index (χ0v) is 11.3. The van der Waals surface area contributed by atoms with Crippen LogP contribution >= 0.6 is 0 Å². The molecule has 0 N–H and O–H groups in total. The van der Waals surface area contributed by atoms with Crippen molar-refractivity contribution in [3.63, 3.8) is 0 Å². The SMILES string of the molecule is C=CC[C@@H]1C[C@H](Cc2ccccc2)OC(C)(C)O1. The van der Waals surface area contributed by atoms with Crippen LogP contribution < -0.4 is 0 Å². The van der Waals surface area contributed by atoms with Crippen molar-refractivity contribution in [2.45, 2.75) is 51.1 Å². The van der Waals surface area contributed by atoms with Gasteiger partial charge >= 0.3 is 0 Å². The zero-order valence-electron chi connectivity index (χ0n) is 11.3. The average molecular weight is 246 g/mol. The smallest absolute Gasteiger partial charge is 0.163 e. The Morgan fingerprint density at radius 1 is 1.22 bits per heavy atom. The van der Waals surface area contributed by atoms with E-state index in [1.165, 1.54) is 5.56 Å². The molecule has 98 valence electrons. The van der Waals surface area contributed by atoms with Crippen molar-refractivity contribution >= 4 is 0 Å². The van der Waals surface area contributed by atoms with Crippen molar-refractivity contribution in [1.29, 1.82) is 0 Å². The van der Waals surface area contributed by atoms with Gasteiger partial charge in [-0.05, 0) is 32.3 Å². The molecule has 1 aromatic carbocycles. The largest absolute Gasteiger partial charge is 0.347 e. The summed E-state index contributed by atoms with van der Waals surface area (Å²) in [5, 5.41) is 0. The summed E-state index contributed by atoms with van der Waals surface area (Å²) >= 11 is 0. The molecule has 2 atom stereocenters. The van der Waals surface area contributed by atoms with Gasteiger partial charge in [-0.15, -0.1) is 6.58 Å². The molecule has 0 unspecified atom stereocenters. The second kappa shape index (κ2) is 5.68. The third-order valence-electron chi connectivity index (χ3n) is 3.16. The molecule has 0 aromatic heterocycles. The van der Waals surface area contributed by atoms with Crippen LogP contribution in [0.4, 0.5) is 0 Å². The van der Waals surface area contributed by atoms with Crippen LogP contribution in [-0.4, -0.2) is 18.0 Å². The first kappa shape index (κ1) is 13.3. The van der Waals surface area contributed by atoms with Gasteiger partial charge in [0.2, 0.25) is 0 Å². The third kappa shape index (κ3) is 3.69. The monoisotopic (exact) mass is 246 g/mol. The van der Waals surface area contributed by atoms with Crippen molar-refractivity contribution in [1.82, 2.24) is 0 Å². The minimum Gasteiger partial charge on any atom is -0.347 e. The van der Waals surface area contributed by atoms with E-state index >= 15 is 0 Å². The Balaban J connectivity index is 2.01. The maximum Gasteiger partial charge on any atom is 0.163 e. The lowest BCUT2D eigenvalue weighted by Crippen LogP contribution is -2.45. The van der Waals surface area contributed by atoms with Crippen LogP contribution in [-0.2, 0) is 15.9 Å². The van der Waals surface area contributed by atoms with Gasteiger partial charge in [-0.2, -0.15) is 0 Å². The first-order chi connectivity index (χ1) is 8.59. The maximum absolute atomic E-state index is 6.00. The van der Waals surface area contributed by atoms with Crippen LogP contribution in [0.2, 0.25) is 0 Å². The molecule has 0 radical (unpaired) electrons. The molecule has 2 nitrogen and oxygen atoms in total. The van der Waals surface area contributed by atoms with E-state index < -0.39 is 5.79 Å². The van der Waals surface area contributed by atoms with Gasteiger partial charge in [-0.1, -0.05) is 36.4 Å². The highest BCUT2D eigenvalue weighted by atomic mass is 16.7. The number of ether oxygens (including phenoxy) is 2. The van der Waals surface area contributed by atoms with E-state index in [-0.39, 0.29) is 12.2 Å². The molecule has 0 spiro atoms. The van der Waals surface area contributed by atoms with Crippen LogP contribution in [0, 0.1) is 0 Å². The lowest BCUT2D eigenvalue weighted by molar-refractivity contribution is -0.298. The molecule has 1 fully saturated rings. The Morgan fingerprint density at radius 3 is 2.56 bits per heavy atom. The van der Waals surface area contributed by atoms with E-state index in [1.54, 1.807) is 0 Å². The van der Waals surface area contributed by atoms with Gasteiger partial charge in [0, 0.05) is 6.42 Å². The van der Waals surface area contributed by atoms with Gasteiger partial charge < -0.3 is 9.47 Å². The van der Waals surface area contributed by atoms with Crippen molar-refractivity contribution in [3.05, 3.63) is 48.6 Å². The van der Waals surface area contributed by atoms with Crippen LogP contribution in [0.5, 0.6) is 0 Å². The van der Waals surface area contributed by atoms with E-state index in [4.69, 9.17) is 9.47 Å². The highest BCUT2D eigenvalue weighted by Gasteiger charge is 2.34. The van der Waals surface area contributed by atoms with Gasteiger partial charge in [0.05, 0.1) is 12.2 Å². The minimum atomic E-state index is -0.495. The first-order valence-electron chi connectivity index (χ1n) is 6.59. The topological polar surface area (TPSA) is 18.5 Å². The number of benzene rings is 1. The number of rotatable bonds is 4. The van der Waals surface area contributed by atoms with Crippen molar-refractivity contribution in [2.24, 2.45) is 0 Å². The van der Waals surface area contributed by atoms with Gasteiger partial charge in [0.15, 0.2) is 5.79 Å². The van der Waals surface area contributed by atoms with E-state index in [9.17, 15) is 0 Å². The van der Waals surface area contributed by atoms with Gasteiger partial charge in [-0.3, -0.25) is 0 Å². The standard InChI is InChI=1S/C16H22O2/c1-4-8-14-12-15(18-16(2,3)17-14)11-13-9-6-5-7-10-13/h4-7,9-10,14-15H,1,8,11-12H2,2-3H3/t14-,15+/m1/s1. The Labute approximate surface area is 110 Å². The van der Waals surface area contributed by atoms with Crippen LogP contribution in [0.3, 0.4) is 0 Å². The van der Waals surface area contributed by atoms with Crippen LogP contribution in [0.1, 0.15) is 32.3 Å². The lowest BCUT2D eigenvalue weighted by Gasteiger charge is -2.40. The second-order valence-corrected chi connectivity index (χ2v) is 5.33. The van der Waals surface area contributed by atoms with E-state index in [0.717, 1.165) is 19.3 Å². The molecule has 0 bridgehead atoms. The highest BCUT2D eigenvalue weighted by Crippen LogP contribution is 2.30. The molecule has 1 aliphatic heterocycles. The summed E-state index contributed by atoms with van der Waals surface area (Å²) in [5.74, 6) is -0.495. The van der Waals surface area contributed by atoms with Crippen molar-refractivity contribution in [2.75, 3.05) is 0 Å². The van der Waals surface area contributed by atoms with E-state index in [1.807, 2.05) is 26.0 Å². The fraction of sp³-hybridized carbons (Fsp3) is 0.500. The maximum atomic E-state index is 6.00. The lowest BCUT2D eigenvalue weighted by atomic mass is 9.99. The predicted octanol–water partition coefficient (Wildman–Crippen LogP) is 3.72. The molecule has 18 heavy (non-hydrogen) atoms. The molecule has 1 heterocycles. The zero-order chi connectivity index (χ0) is 13.0. The summed E-state index contributed by atoms with van der Waals surface area (Å²) in [6.07, 6.45) is 5.14. The molecular weight excluding hydrogens is 224 g/mol. The highest BCUT2D eigenvalue weighted by molar-refractivity contribution is 5.15. The van der Waals surface area contributed by atoms with Gasteiger partial charge in [0.25, 0.3) is 0 Å². The van der Waals surface area contributed by atoms with Gasteiger partial charge in [-0.25, -0.2) is 0 Å². The number of hydrogen-bond acceptors (Lipinski definition) is 2. The van der Waals surface area contributed by atoms with Crippen LogP contribution in [0.15, 0.2) is 43.0 Å². The first-order valence-corrected chi connectivity index (χ1v) is 6.59. The molecular formula is C16H22O2. The average Bonchev–Trinajstić information content (AvgIpc) is 2.28. The van der Waals surface area contributed by atoms with Gasteiger partial charge in [0.1, 0.15) is 0 Å². The van der Waals surface area contributed by atoms with Crippen molar-refractivity contribution in [3.8, 4) is 0 Å². The molecule has 1 aliphatic rings. The summed E-state index contributed by atoms with van der Waals surface area (Å²) in [6, 6.07) is 10.5. The summed E-state index contributed by atoms with van der Waals surface area (Å²) in [4.78, 5) is 0.